The number of carbonyl (C=O) groups excluding carboxylic acids is 2. The molecule has 116 valence electrons. The Balaban J connectivity index is 3.64. The smallest absolute Gasteiger partial charge is 0.157 e. The Morgan fingerprint density at radius 3 is 1.57 bits per heavy atom. The lowest BCUT2D eigenvalue weighted by atomic mass is 9.95. The molecule has 1 rings (SSSR count). The van der Waals surface area contributed by atoms with Crippen molar-refractivity contribution in [2.24, 2.45) is 5.92 Å². The number of rotatable bonds is 8. The van der Waals surface area contributed by atoms with Crippen LogP contribution in [0, 0.1) is 5.92 Å². The first kappa shape index (κ1) is 17.0. The highest BCUT2D eigenvalue weighted by Crippen LogP contribution is 2.42. The van der Waals surface area contributed by atoms with Crippen molar-refractivity contribution < 1.29 is 23.8 Å². The van der Waals surface area contributed by atoms with Crippen molar-refractivity contribution >= 4 is 12.6 Å². The number of aldehydes is 2. The zero-order chi connectivity index (χ0) is 16.0. The number of ether oxygens (including phenoxy) is 3. The predicted molar refractivity (Wildman–Crippen MR) is 80.0 cm³/mol. The average molecular weight is 294 g/mol. The molecule has 0 aliphatic carbocycles. The molecule has 0 saturated carbocycles. The van der Waals surface area contributed by atoms with Gasteiger partial charge in [0.25, 0.3) is 0 Å². The minimum absolute atomic E-state index is 0.182. The second kappa shape index (κ2) is 7.67. The maximum Gasteiger partial charge on any atom is 0.157 e. The van der Waals surface area contributed by atoms with Gasteiger partial charge in [0.1, 0.15) is 17.2 Å². The second-order valence-electron chi connectivity index (χ2n) is 5.07. The van der Waals surface area contributed by atoms with Crippen molar-refractivity contribution in [3.63, 3.8) is 0 Å². The Labute approximate surface area is 125 Å². The topological polar surface area (TPSA) is 61.8 Å². The summed E-state index contributed by atoms with van der Waals surface area (Å²) in [4.78, 5) is 22.8. The normalized spacial score (nSPS) is 10.4. The first-order chi connectivity index (χ1) is 10.0. The molecule has 21 heavy (non-hydrogen) atoms. The molecule has 0 spiro atoms. The largest absolute Gasteiger partial charge is 0.495 e. The van der Waals surface area contributed by atoms with E-state index in [1.165, 1.54) is 21.3 Å². The molecule has 1 aromatic rings. The van der Waals surface area contributed by atoms with Gasteiger partial charge in [0.15, 0.2) is 12.6 Å². The summed E-state index contributed by atoms with van der Waals surface area (Å²) in [6.45, 7) is 4.20. The van der Waals surface area contributed by atoms with Crippen molar-refractivity contribution in [2.45, 2.75) is 26.7 Å². The molecule has 0 radical (unpaired) electrons. The molecule has 0 aliphatic heterocycles. The quantitative estimate of drug-likeness (QED) is 0.690. The van der Waals surface area contributed by atoms with E-state index in [1.807, 2.05) is 0 Å². The van der Waals surface area contributed by atoms with Gasteiger partial charge in [-0.2, -0.15) is 0 Å². The van der Waals surface area contributed by atoms with Crippen molar-refractivity contribution in [3.05, 3.63) is 16.7 Å². The van der Waals surface area contributed by atoms with Gasteiger partial charge >= 0.3 is 0 Å². The van der Waals surface area contributed by atoms with Gasteiger partial charge < -0.3 is 14.2 Å². The van der Waals surface area contributed by atoms with E-state index >= 15 is 0 Å². The molecule has 0 aliphatic rings. The Bertz CT molecular complexity index is 483. The highest BCUT2D eigenvalue weighted by Gasteiger charge is 2.25. The second-order valence-corrected chi connectivity index (χ2v) is 5.07. The van der Waals surface area contributed by atoms with Crippen LogP contribution in [0.3, 0.4) is 0 Å². The van der Waals surface area contributed by atoms with Crippen molar-refractivity contribution in [3.8, 4) is 17.2 Å². The van der Waals surface area contributed by atoms with Crippen LogP contribution in [0.2, 0.25) is 0 Å². The number of benzene rings is 1. The zero-order valence-electron chi connectivity index (χ0n) is 13.2. The van der Waals surface area contributed by atoms with E-state index in [0.717, 1.165) is 12.0 Å². The Morgan fingerprint density at radius 1 is 0.857 bits per heavy atom. The van der Waals surface area contributed by atoms with Gasteiger partial charge in [-0.3, -0.25) is 9.59 Å². The Hall–Kier alpha value is -2.04. The van der Waals surface area contributed by atoms with Crippen LogP contribution in [0.15, 0.2) is 0 Å². The molecule has 5 heteroatoms. The van der Waals surface area contributed by atoms with Crippen LogP contribution in [0.25, 0.3) is 0 Å². The molecule has 5 nitrogen and oxygen atoms in total. The molecule has 0 atom stereocenters. The van der Waals surface area contributed by atoms with Crippen LogP contribution >= 0.6 is 0 Å². The van der Waals surface area contributed by atoms with Crippen LogP contribution in [-0.2, 0) is 6.42 Å². The number of hydrogen-bond donors (Lipinski definition) is 0. The summed E-state index contributed by atoms with van der Waals surface area (Å²) in [7, 11) is 4.38. The molecule has 0 fully saturated rings. The standard InChI is InChI=1S/C16H22O5/c1-10(2)6-7-11-14(19-3)12(8-17)16(21-5)13(9-18)15(11)20-4/h8-10H,6-7H2,1-5H3. The SMILES string of the molecule is COc1c(C=O)c(OC)c(CCC(C)C)c(OC)c1C=O. The summed E-state index contributed by atoms with van der Waals surface area (Å²) < 4.78 is 16.0. The summed E-state index contributed by atoms with van der Waals surface area (Å²) in [6, 6.07) is 0. The summed E-state index contributed by atoms with van der Waals surface area (Å²) in [5.74, 6) is 1.47. The predicted octanol–water partition coefficient (Wildman–Crippen LogP) is 2.93. The highest BCUT2D eigenvalue weighted by atomic mass is 16.5. The van der Waals surface area contributed by atoms with E-state index in [1.54, 1.807) is 0 Å². The first-order valence-electron chi connectivity index (χ1n) is 6.80. The van der Waals surface area contributed by atoms with Gasteiger partial charge in [0.2, 0.25) is 0 Å². The fourth-order valence-corrected chi connectivity index (χ4v) is 2.34. The van der Waals surface area contributed by atoms with E-state index in [0.29, 0.717) is 36.4 Å². The molecule has 0 amide bonds. The maximum atomic E-state index is 11.4. The van der Waals surface area contributed by atoms with Crippen LogP contribution in [0.1, 0.15) is 46.5 Å². The van der Waals surface area contributed by atoms with Crippen molar-refractivity contribution in [1.29, 1.82) is 0 Å². The summed E-state index contributed by atoms with van der Waals surface area (Å²) in [5.41, 5.74) is 1.20. The monoisotopic (exact) mass is 294 g/mol. The van der Waals surface area contributed by atoms with Gasteiger partial charge in [0, 0.05) is 5.56 Å². The third-order valence-electron chi connectivity index (χ3n) is 3.35. The first-order valence-corrected chi connectivity index (χ1v) is 6.80. The summed E-state index contributed by atoms with van der Waals surface area (Å²) in [5, 5.41) is 0. The molecule has 0 bridgehead atoms. The molecule has 0 N–H and O–H groups in total. The van der Waals surface area contributed by atoms with E-state index in [-0.39, 0.29) is 16.9 Å². The molecule has 0 unspecified atom stereocenters. The molecular weight excluding hydrogens is 272 g/mol. The van der Waals surface area contributed by atoms with E-state index < -0.39 is 0 Å². The fraction of sp³-hybridized carbons (Fsp3) is 0.500. The number of carbonyl (C=O) groups is 2. The molecule has 1 aromatic carbocycles. The minimum atomic E-state index is 0.182. The van der Waals surface area contributed by atoms with Crippen LogP contribution in [0.4, 0.5) is 0 Å². The van der Waals surface area contributed by atoms with Crippen LogP contribution in [-0.4, -0.2) is 33.9 Å². The fourth-order valence-electron chi connectivity index (χ4n) is 2.34. The third-order valence-corrected chi connectivity index (χ3v) is 3.35. The molecule has 0 saturated heterocycles. The van der Waals surface area contributed by atoms with Gasteiger partial charge in [-0.15, -0.1) is 0 Å². The molecule has 0 heterocycles. The number of methoxy groups -OCH3 is 3. The zero-order valence-corrected chi connectivity index (χ0v) is 13.2. The lowest BCUT2D eigenvalue weighted by Gasteiger charge is -2.20. The third kappa shape index (κ3) is 3.35. The summed E-state index contributed by atoms with van der Waals surface area (Å²) >= 11 is 0. The van der Waals surface area contributed by atoms with Gasteiger partial charge in [-0.1, -0.05) is 13.8 Å². The lowest BCUT2D eigenvalue weighted by molar-refractivity contribution is 0.111. The minimum Gasteiger partial charge on any atom is -0.495 e. The van der Waals surface area contributed by atoms with E-state index in [2.05, 4.69) is 13.8 Å². The average Bonchev–Trinajstić information content (AvgIpc) is 2.49. The van der Waals surface area contributed by atoms with Gasteiger partial charge in [0.05, 0.1) is 32.5 Å². The van der Waals surface area contributed by atoms with Crippen LogP contribution < -0.4 is 14.2 Å². The maximum absolute atomic E-state index is 11.4. The Morgan fingerprint density at radius 2 is 1.29 bits per heavy atom. The number of hydrogen-bond acceptors (Lipinski definition) is 5. The van der Waals surface area contributed by atoms with Crippen molar-refractivity contribution in [1.82, 2.24) is 0 Å². The van der Waals surface area contributed by atoms with Gasteiger partial charge in [-0.05, 0) is 18.8 Å². The summed E-state index contributed by atoms with van der Waals surface area (Å²) in [6.07, 6.45) is 2.82. The molecule has 0 aromatic heterocycles. The Kier molecular flexibility index (Phi) is 6.21. The van der Waals surface area contributed by atoms with Crippen LogP contribution in [0.5, 0.6) is 17.2 Å². The van der Waals surface area contributed by atoms with E-state index in [9.17, 15) is 9.59 Å². The molecular formula is C16H22O5. The highest BCUT2D eigenvalue weighted by molar-refractivity contribution is 5.95. The van der Waals surface area contributed by atoms with Crippen molar-refractivity contribution in [2.75, 3.05) is 21.3 Å². The lowest BCUT2D eigenvalue weighted by Crippen LogP contribution is -2.08. The van der Waals surface area contributed by atoms with Gasteiger partial charge in [-0.25, -0.2) is 0 Å². The van der Waals surface area contributed by atoms with E-state index in [4.69, 9.17) is 14.2 Å².